The molecule has 5 nitrogen and oxygen atoms in total. The summed E-state index contributed by atoms with van der Waals surface area (Å²) in [6, 6.07) is 8.74. The summed E-state index contributed by atoms with van der Waals surface area (Å²) in [6.45, 7) is 5.77. The number of aliphatic hydroxyl groups excluding tert-OH is 1. The third-order valence-corrected chi connectivity index (χ3v) is 4.49. The van der Waals surface area contributed by atoms with E-state index in [1.807, 2.05) is 30.3 Å². The molecule has 2 atom stereocenters. The monoisotopic (exact) mass is 287 g/mol. The zero-order valence-electron chi connectivity index (χ0n) is 11.6. The van der Waals surface area contributed by atoms with Gasteiger partial charge in [-0.2, -0.15) is 0 Å². The van der Waals surface area contributed by atoms with Crippen molar-refractivity contribution < 1.29 is 18.7 Å². The van der Waals surface area contributed by atoms with Crippen LogP contribution >= 0.6 is 7.75 Å². The predicted octanol–water partition coefficient (Wildman–Crippen LogP) is 2.88. The van der Waals surface area contributed by atoms with Gasteiger partial charge in [0.05, 0.1) is 19.3 Å². The third kappa shape index (κ3) is 5.05. The van der Waals surface area contributed by atoms with Crippen molar-refractivity contribution in [3.05, 3.63) is 35.9 Å². The van der Waals surface area contributed by atoms with Crippen molar-refractivity contribution in [2.24, 2.45) is 0 Å². The average Bonchev–Trinajstić information content (AvgIpc) is 2.39. The molecule has 0 spiro atoms. The van der Waals surface area contributed by atoms with Gasteiger partial charge in [-0.3, -0.25) is 9.05 Å². The summed E-state index contributed by atoms with van der Waals surface area (Å²) in [4.78, 5) is 0. The molecule has 1 aromatic carbocycles. The van der Waals surface area contributed by atoms with Gasteiger partial charge in [-0.15, -0.1) is 0 Å². The minimum Gasteiger partial charge on any atom is -0.387 e. The maximum Gasteiger partial charge on any atom is 0.405 e. The van der Waals surface area contributed by atoms with Gasteiger partial charge in [-0.25, -0.2) is 9.65 Å². The van der Waals surface area contributed by atoms with Crippen molar-refractivity contribution in [3.8, 4) is 0 Å². The van der Waals surface area contributed by atoms with E-state index in [2.05, 4.69) is 5.09 Å². The van der Waals surface area contributed by atoms with Crippen LogP contribution in [0.1, 0.15) is 32.4 Å². The SMILES string of the molecule is CCOP(=O)(N[C@H](C)[C@@H](O)c1ccccc1)OCC. The van der Waals surface area contributed by atoms with Crippen LogP contribution in [-0.2, 0) is 13.6 Å². The van der Waals surface area contributed by atoms with Crippen LogP contribution in [0.5, 0.6) is 0 Å². The zero-order chi connectivity index (χ0) is 14.3. The molecule has 0 aromatic heterocycles. The van der Waals surface area contributed by atoms with E-state index in [9.17, 15) is 9.67 Å². The Labute approximate surface area is 114 Å². The molecule has 0 aliphatic carbocycles. The molecule has 0 saturated carbocycles. The van der Waals surface area contributed by atoms with Crippen LogP contribution in [0.15, 0.2) is 30.3 Å². The molecule has 0 bridgehead atoms. The number of rotatable bonds is 8. The lowest BCUT2D eigenvalue weighted by molar-refractivity contribution is 0.133. The van der Waals surface area contributed by atoms with Crippen LogP contribution in [0, 0.1) is 0 Å². The van der Waals surface area contributed by atoms with E-state index in [1.54, 1.807) is 20.8 Å². The third-order valence-electron chi connectivity index (χ3n) is 2.57. The van der Waals surface area contributed by atoms with E-state index < -0.39 is 19.9 Å². The Morgan fingerprint density at radius 1 is 1.21 bits per heavy atom. The van der Waals surface area contributed by atoms with Crippen LogP contribution in [-0.4, -0.2) is 24.4 Å². The van der Waals surface area contributed by atoms with Crippen LogP contribution in [0.2, 0.25) is 0 Å². The summed E-state index contributed by atoms with van der Waals surface area (Å²) in [6.07, 6.45) is -0.782. The quantitative estimate of drug-likeness (QED) is 0.720. The first kappa shape index (κ1) is 16.3. The number of hydrogen-bond acceptors (Lipinski definition) is 4. The lowest BCUT2D eigenvalue weighted by Gasteiger charge is -2.25. The highest BCUT2D eigenvalue weighted by atomic mass is 31.2. The predicted molar refractivity (Wildman–Crippen MR) is 74.9 cm³/mol. The molecule has 0 saturated heterocycles. The van der Waals surface area contributed by atoms with Gasteiger partial charge in [-0.1, -0.05) is 30.3 Å². The minimum absolute atomic E-state index is 0.276. The first-order valence-corrected chi connectivity index (χ1v) is 7.96. The fraction of sp³-hybridized carbons (Fsp3) is 0.538. The van der Waals surface area contributed by atoms with E-state index >= 15 is 0 Å². The van der Waals surface area contributed by atoms with Gasteiger partial charge in [0.1, 0.15) is 0 Å². The summed E-state index contributed by atoms with van der Waals surface area (Å²) in [5, 5.41) is 12.9. The van der Waals surface area contributed by atoms with Crippen LogP contribution in [0.25, 0.3) is 0 Å². The van der Waals surface area contributed by atoms with E-state index in [1.165, 1.54) is 0 Å². The Kier molecular flexibility index (Phi) is 6.69. The molecule has 108 valence electrons. The van der Waals surface area contributed by atoms with E-state index in [4.69, 9.17) is 9.05 Å². The van der Waals surface area contributed by atoms with Gasteiger partial charge in [-0.05, 0) is 26.3 Å². The molecule has 0 radical (unpaired) electrons. The van der Waals surface area contributed by atoms with E-state index in [0.29, 0.717) is 0 Å². The second-order valence-corrected chi connectivity index (χ2v) is 5.88. The maximum atomic E-state index is 12.3. The molecular formula is C13H22NO4P. The highest BCUT2D eigenvalue weighted by Gasteiger charge is 2.29. The number of hydrogen-bond donors (Lipinski definition) is 2. The Bertz CT molecular complexity index is 402. The van der Waals surface area contributed by atoms with Gasteiger partial charge >= 0.3 is 7.75 Å². The summed E-state index contributed by atoms with van der Waals surface area (Å²) < 4.78 is 22.6. The molecule has 2 N–H and O–H groups in total. The van der Waals surface area contributed by atoms with Crippen molar-refractivity contribution in [3.63, 3.8) is 0 Å². The second kappa shape index (κ2) is 7.78. The Balaban J connectivity index is 2.71. The molecule has 0 fully saturated rings. The van der Waals surface area contributed by atoms with Crippen molar-refractivity contribution >= 4 is 7.75 Å². The molecule has 0 amide bonds. The zero-order valence-corrected chi connectivity index (χ0v) is 12.5. The molecule has 0 unspecified atom stereocenters. The van der Waals surface area contributed by atoms with Crippen molar-refractivity contribution in [2.45, 2.75) is 32.9 Å². The molecular weight excluding hydrogens is 265 g/mol. The van der Waals surface area contributed by atoms with Crippen LogP contribution in [0.4, 0.5) is 0 Å². The van der Waals surface area contributed by atoms with Crippen molar-refractivity contribution in [1.29, 1.82) is 0 Å². The molecule has 0 heterocycles. The van der Waals surface area contributed by atoms with Crippen LogP contribution < -0.4 is 5.09 Å². The van der Waals surface area contributed by atoms with Gasteiger partial charge in [0.25, 0.3) is 0 Å². The molecule has 0 aliphatic heterocycles. The largest absolute Gasteiger partial charge is 0.405 e. The second-order valence-electron chi connectivity index (χ2n) is 4.11. The normalized spacial score (nSPS) is 15.2. The Morgan fingerprint density at radius 2 is 1.74 bits per heavy atom. The van der Waals surface area contributed by atoms with Crippen LogP contribution in [0.3, 0.4) is 0 Å². The first-order valence-electron chi connectivity index (χ1n) is 6.42. The molecule has 1 aromatic rings. The van der Waals surface area contributed by atoms with Crippen molar-refractivity contribution in [1.82, 2.24) is 5.09 Å². The molecule has 6 heteroatoms. The van der Waals surface area contributed by atoms with E-state index in [-0.39, 0.29) is 13.2 Å². The van der Waals surface area contributed by atoms with Gasteiger partial charge < -0.3 is 5.11 Å². The highest BCUT2D eigenvalue weighted by Crippen LogP contribution is 2.44. The minimum atomic E-state index is -3.36. The maximum absolute atomic E-state index is 12.3. The summed E-state index contributed by atoms with van der Waals surface area (Å²) >= 11 is 0. The van der Waals surface area contributed by atoms with Gasteiger partial charge in [0.2, 0.25) is 0 Å². The highest BCUT2D eigenvalue weighted by molar-refractivity contribution is 7.51. The fourth-order valence-electron chi connectivity index (χ4n) is 1.71. The first-order chi connectivity index (χ1) is 9.02. The van der Waals surface area contributed by atoms with E-state index in [0.717, 1.165) is 5.56 Å². The molecule has 19 heavy (non-hydrogen) atoms. The van der Waals surface area contributed by atoms with Gasteiger partial charge in [0.15, 0.2) is 0 Å². The Morgan fingerprint density at radius 3 is 2.21 bits per heavy atom. The lowest BCUT2D eigenvalue weighted by atomic mass is 10.0. The summed E-state index contributed by atoms with van der Waals surface area (Å²) in [5.74, 6) is 0. The lowest BCUT2D eigenvalue weighted by Crippen LogP contribution is -2.31. The Hall–Kier alpha value is -0.710. The van der Waals surface area contributed by atoms with Gasteiger partial charge in [0, 0.05) is 6.04 Å². The average molecular weight is 287 g/mol. The fourth-order valence-corrected chi connectivity index (χ4v) is 3.25. The number of aliphatic hydroxyl groups is 1. The number of benzene rings is 1. The standard InChI is InChI=1S/C13H22NO4P/c1-4-17-19(16,18-5-2)14-11(3)13(15)12-9-7-6-8-10-12/h6-11,13,15H,4-5H2,1-3H3,(H,14,16)/t11-,13-/m1/s1. The summed E-state index contributed by atoms with van der Waals surface area (Å²) in [7, 11) is -3.36. The number of nitrogens with one attached hydrogen (secondary N) is 1. The smallest absolute Gasteiger partial charge is 0.387 e. The van der Waals surface area contributed by atoms with Crippen molar-refractivity contribution in [2.75, 3.05) is 13.2 Å². The molecule has 0 aliphatic rings. The molecule has 1 rings (SSSR count). The summed E-state index contributed by atoms with van der Waals surface area (Å²) in [5.41, 5.74) is 0.752. The topological polar surface area (TPSA) is 67.8 Å².